The van der Waals surface area contributed by atoms with E-state index in [0.717, 1.165) is 23.1 Å². The van der Waals surface area contributed by atoms with E-state index in [-0.39, 0.29) is 17.9 Å². The quantitative estimate of drug-likeness (QED) is 0.829. The second-order valence-corrected chi connectivity index (χ2v) is 7.16. The largest absolute Gasteiger partial charge is 0.497 e. The first kappa shape index (κ1) is 16.2. The van der Waals surface area contributed by atoms with Gasteiger partial charge in [0.25, 0.3) is 0 Å². The summed E-state index contributed by atoms with van der Waals surface area (Å²) in [6, 6.07) is 7.31. The number of anilines is 1. The summed E-state index contributed by atoms with van der Waals surface area (Å²) in [4.78, 5) is 25.9. The van der Waals surface area contributed by atoms with Crippen molar-refractivity contribution in [2.24, 2.45) is 5.92 Å². The van der Waals surface area contributed by atoms with E-state index in [0.29, 0.717) is 18.7 Å². The highest BCUT2D eigenvalue weighted by molar-refractivity contribution is 7.99. The van der Waals surface area contributed by atoms with Crippen molar-refractivity contribution in [2.75, 3.05) is 30.1 Å². The van der Waals surface area contributed by atoms with Crippen LogP contribution in [0.2, 0.25) is 0 Å². The van der Waals surface area contributed by atoms with E-state index in [4.69, 9.17) is 4.74 Å². The zero-order chi connectivity index (χ0) is 16.2. The third-order valence-electron chi connectivity index (χ3n) is 4.16. The molecule has 1 N–H and O–H groups in total. The fourth-order valence-electron chi connectivity index (χ4n) is 2.69. The molecule has 0 aromatic heterocycles. The molecule has 2 fully saturated rings. The molecule has 1 saturated carbocycles. The number of hydrogen-bond acceptors (Lipinski definition) is 4. The molecule has 5 nitrogen and oxygen atoms in total. The number of hydrogen-bond donors (Lipinski definition) is 1. The van der Waals surface area contributed by atoms with Crippen molar-refractivity contribution in [3.05, 3.63) is 24.3 Å². The van der Waals surface area contributed by atoms with Crippen LogP contribution in [-0.4, -0.2) is 43.0 Å². The van der Waals surface area contributed by atoms with Gasteiger partial charge in [-0.3, -0.25) is 9.59 Å². The van der Waals surface area contributed by atoms with Gasteiger partial charge in [0.15, 0.2) is 0 Å². The molecule has 1 saturated heterocycles. The molecular weight excluding hydrogens is 312 g/mol. The van der Waals surface area contributed by atoms with E-state index in [1.165, 1.54) is 12.8 Å². The number of nitrogens with one attached hydrogen (secondary N) is 1. The van der Waals surface area contributed by atoms with Crippen molar-refractivity contribution in [2.45, 2.75) is 25.3 Å². The Hall–Kier alpha value is -1.69. The molecule has 1 atom stereocenters. The van der Waals surface area contributed by atoms with Gasteiger partial charge in [-0.1, -0.05) is 0 Å². The fourth-order valence-corrected chi connectivity index (χ4v) is 3.74. The number of amides is 2. The van der Waals surface area contributed by atoms with Gasteiger partial charge < -0.3 is 15.0 Å². The average Bonchev–Trinajstić information content (AvgIpc) is 3.30. The van der Waals surface area contributed by atoms with Crippen LogP contribution >= 0.6 is 11.8 Å². The minimum absolute atomic E-state index is 0.0324. The Morgan fingerprint density at radius 1 is 1.35 bits per heavy atom. The Bertz CT molecular complexity index is 572. The molecule has 1 aliphatic carbocycles. The Balaban J connectivity index is 1.48. The Labute approximate surface area is 140 Å². The lowest BCUT2D eigenvalue weighted by atomic mass is 10.2. The zero-order valence-corrected chi connectivity index (χ0v) is 14.1. The maximum Gasteiger partial charge on any atom is 0.230 e. The van der Waals surface area contributed by atoms with Crippen LogP contribution in [0.25, 0.3) is 0 Å². The molecule has 0 spiro atoms. The van der Waals surface area contributed by atoms with Gasteiger partial charge in [-0.15, -0.1) is 0 Å². The standard InChI is InChI=1S/C17H22N2O3S/c1-22-15-6-4-14(5-7-15)19-9-13(8-17(19)21)18-16(20)11-23-10-12-2-3-12/h4-7,12-13H,2-3,8-11H2,1H3,(H,18,20). The second kappa shape index (κ2) is 7.25. The molecular formula is C17H22N2O3S. The van der Waals surface area contributed by atoms with Crippen LogP contribution in [0.1, 0.15) is 19.3 Å². The van der Waals surface area contributed by atoms with Crippen molar-refractivity contribution in [3.63, 3.8) is 0 Å². The molecule has 23 heavy (non-hydrogen) atoms. The van der Waals surface area contributed by atoms with E-state index in [9.17, 15) is 9.59 Å². The lowest BCUT2D eigenvalue weighted by Gasteiger charge is -2.17. The van der Waals surface area contributed by atoms with Gasteiger partial charge in [0, 0.05) is 18.7 Å². The summed E-state index contributed by atoms with van der Waals surface area (Å²) in [6.07, 6.45) is 2.98. The van der Waals surface area contributed by atoms with Crippen molar-refractivity contribution in [1.82, 2.24) is 5.32 Å². The third kappa shape index (κ3) is 4.41. The first-order chi connectivity index (χ1) is 11.2. The fraction of sp³-hybridized carbons (Fsp3) is 0.529. The molecule has 0 radical (unpaired) electrons. The Morgan fingerprint density at radius 3 is 2.74 bits per heavy atom. The van der Waals surface area contributed by atoms with Crippen LogP contribution in [0.5, 0.6) is 5.75 Å². The number of carbonyl (C=O) groups excluding carboxylic acids is 2. The van der Waals surface area contributed by atoms with E-state index in [1.807, 2.05) is 24.3 Å². The lowest BCUT2D eigenvalue weighted by molar-refractivity contribution is -0.119. The summed E-state index contributed by atoms with van der Waals surface area (Å²) < 4.78 is 5.13. The minimum atomic E-state index is -0.0985. The second-order valence-electron chi connectivity index (χ2n) is 6.13. The van der Waals surface area contributed by atoms with Gasteiger partial charge in [-0.05, 0) is 48.8 Å². The molecule has 1 aromatic carbocycles. The summed E-state index contributed by atoms with van der Waals surface area (Å²) in [5.41, 5.74) is 0.843. The van der Waals surface area contributed by atoms with Crippen LogP contribution in [0.4, 0.5) is 5.69 Å². The molecule has 1 heterocycles. The van der Waals surface area contributed by atoms with Crippen LogP contribution in [0.3, 0.4) is 0 Å². The number of benzene rings is 1. The molecule has 2 aliphatic rings. The van der Waals surface area contributed by atoms with Gasteiger partial charge in [0.05, 0.1) is 18.9 Å². The summed E-state index contributed by atoms with van der Waals surface area (Å²) >= 11 is 1.69. The average molecular weight is 334 g/mol. The molecule has 1 aliphatic heterocycles. The molecule has 1 unspecified atom stereocenters. The van der Waals surface area contributed by atoms with Gasteiger partial charge in [-0.2, -0.15) is 11.8 Å². The highest BCUT2D eigenvalue weighted by atomic mass is 32.2. The van der Waals surface area contributed by atoms with Gasteiger partial charge in [-0.25, -0.2) is 0 Å². The van der Waals surface area contributed by atoms with Crippen molar-refractivity contribution in [3.8, 4) is 5.75 Å². The minimum Gasteiger partial charge on any atom is -0.497 e. The molecule has 0 bridgehead atoms. The van der Waals surface area contributed by atoms with E-state index >= 15 is 0 Å². The van der Waals surface area contributed by atoms with Gasteiger partial charge in [0.1, 0.15) is 5.75 Å². The van der Waals surface area contributed by atoms with Crippen LogP contribution in [-0.2, 0) is 9.59 Å². The predicted molar refractivity (Wildman–Crippen MR) is 91.9 cm³/mol. The monoisotopic (exact) mass is 334 g/mol. The zero-order valence-electron chi connectivity index (χ0n) is 13.3. The van der Waals surface area contributed by atoms with E-state index < -0.39 is 0 Å². The maximum atomic E-state index is 12.2. The summed E-state index contributed by atoms with van der Waals surface area (Å²) in [5, 5.41) is 2.98. The van der Waals surface area contributed by atoms with Gasteiger partial charge >= 0.3 is 0 Å². The smallest absolute Gasteiger partial charge is 0.230 e. The Morgan fingerprint density at radius 2 is 2.09 bits per heavy atom. The number of rotatable bonds is 7. The number of ether oxygens (including phenoxy) is 1. The first-order valence-electron chi connectivity index (χ1n) is 7.97. The maximum absolute atomic E-state index is 12.2. The summed E-state index contributed by atoms with van der Waals surface area (Å²) in [6.45, 7) is 0.532. The molecule has 1 aromatic rings. The number of methoxy groups -OCH3 is 1. The predicted octanol–water partition coefficient (Wildman–Crippen LogP) is 2.06. The van der Waals surface area contributed by atoms with E-state index in [1.54, 1.807) is 23.8 Å². The highest BCUT2D eigenvalue weighted by Crippen LogP contribution is 2.32. The third-order valence-corrected chi connectivity index (χ3v) is 5.33. The topological polar surface area (TPSA) is 58.6 Å². The van der Waals surface area contributed by atoms with Gasteiger partial charge in [0.2, 0.25) is 11.8 Å². The van der Waals surface area contributed by atoms with Crippen molar-refractivity contribution in [1.29, 1.82) is 0 Å². The normalized spacial score (nSPS) is 20.7. The first-order valence-corrected chi connectivity index (χ1v) is 9.12. The van der Waals surface area contributed by atoms with Crippen LogP contribution in [0, 0.1) is 5.92 Å². The van der Waals surface area contributed by atoms with Crippen molar-refractivity contribution >= 4 is 29.3 Å². The van der Waals surface area contributed by atoms with Crippen molar-refractivity contribution < 1.29 is 14.3 Å². The number of thioether (sulfide) groups is 1. The molecule has 2 amide bonds. The summed E-state index contributed by atoms with van der Waals surface area (Å²) in [5.74, 6) is 3.24. The highest BCUT2D eigenvalue weighted by Gasteiger charge is 2.31. The lowest BCUT2D eigenvalue weighted by Crippen LogP contribution is -2.38. The number of carbonyl (C=O) groups is 2. The molecule has 6 heteroatoms. The Kier molecular flexibility index (Phi) is 5.10. The van der Waals surface area contributed by atoms with E-state index in [2.05, 4.69) is 5.32 Å². The number of nitrogens with zero attached hydrogens (tertiary/aromatic N) is 1. The summed E-state index contributed by atoms with van der Waals surface area (Å²) in [7, 11) is 1.61. The SMILES string of the molecule is COc1ccc(N2CC(NC(=O)CSCC3CC3)CC2=O)cc1. The van der Waals surface area contributed by atoms with Crippen LogP contribution < -0.4 is 15.0 Å². The van der Waals surface area contributed by atoms with Crippen LogP contribution in [0.15, 0.2) is 24.3 Å². The molecule has 124 valence electrons. The molecule has 3 rings (SSSR count).